The van der Waals surface area contributed by atoms with E-state index in [9.17, 15) is 13.2 Å². The van der Waals surface area contributed by atoms with Crippen molar-refractivity contribution in [2.45, 2.75) is 38.6 Å². The highest BCUT2D eigenvalue weighted by Gasteiger charge is 2.28. The Morgan fingerprint density at radius 2 is 2.19 bits per heavy atom. The van der Waals surface area contributed by atoms with E-state index >= 15 is 0 Å². The van der Waals surface area contributed by atoms with E-state index in [-0.39, 0.29) is 11.9 Å². The van der Waals surface area contributed by atoms with Crippen LogP contribution in [-0.2, 0) is 16.4 Å². The zero-order valence-corrected chi connectivity index (χ0v) is 14.1. The van der Waals surface area contributed by atoms with Crippen LogP contribution in [0.25, 0.3) is 0 Å². The van der Waals surface area contributed by atoms with Crippen LogP contribution in [0.3, 0.4) is 0 Å². The summed E-state index contributed by atoms with van der Waals surface area (Å²) >= 11 is 1.53. The number of carbonyl (C=O) groups excluding carboxylic acids is 1. The molecular formula is C14H22N2O3S2. The third-order valence-electron chi connectivity index (χ3n) is 3.69. The van der Waals surface area contributed by atoms with Crippen LogP contribution in [0.5, 0.6) is 0 Å². The van der Waals surface area contributed by atoms with Crippen molar-refractivity contribution < 1.29 is 13.2 Å². The van der Waals surface area contributed by atoms with Crippen molar-refractivity contribution in [2.75, 3.05) is 19.3 Å². The van der Waals surface area contributed by atoms with Crippen LogP contribution in [0.1, 0.15) is 40.7 Å². The van der Waals surface area contributed by atoms with Gasteiger partial charge in [0.25, 0.3) is 5.91 Å². The van der Waals surface area contributed by atoms with Crippen molar-refractivity contribution in [1.29, 1.82) is 0 Å². The van der Waals surface area contributed by atoms with E-state index in [2.05, 4.69) is 11.6 Å². The van der Waals surface area contributed by atoms with Gasteiger partial charge in [-0.1, -0.05) is 6.92 Å². The fourth-order valence-corrected chi connectivity index (χ4v) is 3.95. The van der Waals surface area contributed by atoms with E-state index in [1.165, 1.54) is 16.2 Å². The number of likely N-dealkylation sites (tertiary alicyclic amines) is 1. The number of rotatable bonds is 5. The number of nitrogens with zero attached hydrogens (tertiary/aromatic N) is 1. The molecule has 1 aliphatic heterocycles. The van der Waals surface area contributed by atoms with Crippen LogP contribution in [0.4, 0.5) is 0 Å². The molecular weight excluding hydrogens is 308 g/mol. The van der Waals surface area contributed by atoms with Gasteiger partial charge in [-0.3, -0.25) is 4.79 Å². The first-order valence-corrected chi connectivity index (χ1v) is 9.96. The Kier molecular flexibility index (Phi) is 5.40. The number of hydrogen-bond donors (Lipinski definition) is 1. The molecule has 1 amide bonds. The zero-order valence-electron chi connectivity index (χ0n) is 12.5. The topological polar surface area (TPSA) is 66.5 Å². The molecule has 1 atom stereocenters. The van der Waals surface area contributed by atoms with Crippen molar-refractivity contribution in [3.05, 3.63) is 21.9 Å². The monoisotopic (exact) mass is 330 g/mol. The molecule has 21 heavy (non-hydrogen) atoms. The number of thiophene rings is 1. The lowest BCUT2D eigenvalue weighted by Crippen LogP contribution is -2.49. The highest BCUT2D eigenvalue weighted by Crippen LogP contribution is 2.23. The number of piperidine rings is 1. The van der Waals surface area contributed by atoms with Crippen molar-refractivity contribution in [1.82, 2.24) is 9.62 Å². The van der Waals surface area contributed by atoms with Crippen LogP contribution < -0.4 is 4.72 Å². The third kappa shape index (κ3) is 4.52. The van der Waals surface area contributed by atoms with Crippen molar-refractivity contribution in [3.8, 4) is 0 Å². The maximum Gasteiger partial charge on any atom is 0.264 e. The molecule has 0 aromatic carbocycles. The van der Waals surface area contributed by atoms with Gasteiger partial charge in [-0.15, -0.1) is 11.3 Å². The largest absolute Gasteiger partial charge is 0.334 e. The molecule has 1 fully saturated rings. The minimum Gasteiger partial charge on any atom is -0.334 e. The molecule has 0 saturated carbocycles. The molecule has 0 bridgehead atoms. The summed E-state index contributed by atoms with van der Waals surface area (Å²) < 4.78 is 25.0. The highest BCUT2D eigenvalue weighted by atomic mass is 32.2. The van der Waals surface area contributed by atoms with Gasteiger partial charge >= 0.3 is 0 Å². The van der Waals surface area contributed by atoms with Gasteiger partial charge < -0.3 is 4.90 Å². The minimum absolute atomic E-state index is 0.0275. The number of amides is 1. The summed E-state index contributed by atoms with van der Waals surface area (Å²) in [4.78, 5) is 16.4. The lowest BCUT2D eigenvalue weighted by Gasteiger charge is -2.35. The van der Waals surface area contributed by atoms with E-state index < -0.39 is 10.0 Å². The summed E-state index contributed by atoms with van der Waals surface area (Å²) in [5, 5.41) is 0. The maximum atomic E-state index is 12.6. The van der Waals surface area contributed by atoms with Gasteiger partial charge in [-0.25, -0.2) is 13.1 Å². The Morgan fingerprint density at radius 3 is 2.81 bits per heavy atom. The Hall–Kier alpha value is -0.920. The summed E-state index contributed by atoms with van der Waals surface area (Å²) in [5.41, 5.74) is 0. The molecule has 2 rings (SSSR count). The molecule has 1 aliphatic rings. The predicted octanol–water partition coefficient (Wildman–Crippen LogP) is 1.85. The molecule has 0 radical (unpaired) electrons. The highest BCUT2D eigenvalue weighted by molar-refractivity contribution is 7.88. The Labute approximate surface area is 130 Å². The first-order valence-electron chi connectivity index (χ1n) is 7.25. The fourth-order valence-electron chi connectivity index (χ4n) is 2.55. The normalized spacial score (nSPS) is 19.7. The van der Waals surface area contributed by atoms with E-state index in [1.54, 1.807) is 0 Å². The van der Waals surface area contributed by atoms with Crippen molar-refractivity contribution in [2.24, 2.45) is 0 Å². The van der Waals surface area contributed by atoms with Crippen LogP contribution in [0.15, 0.2) is 12.1 Å². The van der Waals surface area contributed by atoms with Crippen LogP contribution in [0, 0.1) is 0 Å². The van der Waals surface area contributed by atoms with Gasteiger partial charge in [0.2, 0.25) is 10.0 Å². The van der Waals surface area contributed by atoms with E-state index in [0.29, 0.717) is 13.1 Å². The number of carbonyl (C=O) groups is 1. The van der Waals surface area contributed by atoms with E-state index in [1.807, 2.05) is 17.0 Å². The van der Waals surface area contributed by atoms with Gasteiger partial charge in [0.05, 0.1) is 11.1 Å². The van der Waals surface area contributed by atoms with E-state index in [4.69, 9.17) is 0 Å². The van der Waals surface area contributed by atoms with Crippen LogP contribution in [0.2, 0.25) is 0 Å². The Balaban J connectivity index is 2.08. The number of hydrogen-bond acceptors (Lipinski definition) is 4. The van der Waals surface area contributed by atoms with Gasteiger partial charge in [-0.2, -0.15) is 0 Å². The molecule has 1 aromatic rings. The van der Waals surface area contributed by atoms with Crippen molar-refractivity contribution in [3.63, 3.8) is 0 Å². The summed E-state index contributed by atoms with van der Waals surface area (Å²) in [6, 6.07) is 3.82. The number of sulfonamides is 1. The predicted molar refractivity (Wildman–Crippen MR) is 85.2 cm³/mol. The first-order chi connectivity index (χ1) is 9.90. The maximum absolute atomic E-state index is 12.6. The second-order valence-electron chi connectivity index (χ2n) is 5.39. The first kappa shape index (κ1) is 16.5. The molecule has 5 nitrogen and oxygen atoms in total. The SMILES string of the molecule is CCc1ccc(C(=O)N2CCCC[C@@H]2CNS(C)(=O)=O)s1. The quantitative estimate of drug-likeness (QED) is 0.896. The van der Waals surface area contributed by atoms with Gasteiger partial charge in [0.15, 0.2) is 0 Å². The summed E-state index contributed by atoms with van der Waals surface area (Å²) in [6.45, 7) is 3.07. The third-order valence-corrected chi connectivity index (χ3v) is 5.60. The van der Waals surface area contributed by atoms with Crippen LogP contribution in [-0.4, -0.2) is 44.6 Å². The molecule has 2 heterocycles. The van der Waals surface area contributed by atoms with Crippen molar-refractivity contribution >= 4 is 27.3 Å². The van der Waals surface area contributed by atoms with E-state index in [0.717, 1.165) is 36.8 Å². The second-order valence-corrected chi connectivity index (χ2v) is 8.39. The lowest BCUT2D eigenvalue weighted by atomic mass is 10.0. The Bertz CT molecular complexity index is 595. The van der Waals surface area contributed by atoms with Gasteiger partial charge in [0.1, 0.15) is 0 Å². The Morgan fingerprint density at radius 1 is 1.43 bits per heavy atom. The lowest BCUT2D eigenvalue weighted by molar-refractivity contribution is 0.0624. The summed E-state index contributed by atoms with van der Waals surface area (Å²) in [7, 11) is -3.22. The van der Waals surface area contributed by atoms with Gasteiger partial charge in [-0.05, 0) is 37.8 Å². The molecule has 1 aromatic heterocycles. The minimum atomic E-state index is -3.22. The summed E-state index contributed by atoms with van der Waals surface area (Å²) in [6.07, 6.45) is 4.93. The average Bonchev–Trinajstić information content (AvgIpc) is 2.93. The van der Waals surface area contributed by atoms with Crippen LogP contribution >= 0.6 is 11.3 Å². The second kappa shape index (κ2) is 6.89. The summed E-state index contributed by atoms with van der Waals surface area (Å²) in [5.74, 6) is 0.0275. The molecule has 7 heteroatoms. The smallest absolute Gasteiger partial charge is 0.264 e. The average molecular weight is 330 g/mol. The standard InChI is InChI=1S/C14H22N2O3S2/c1-3-12-7-8-13(20-12)14(17)16-9-5-4-6-11(16)10-15-21(2,18)19/h7-8,11,15H,3-6,9-10H2,1-2H3/t11-/m1/s1. The number of nitrogens with one attached hydrogen (secondary N) is 1. The zero-order chi connectivity index (χ0) is 15.5. The molecule has 1 saturated heterocycles. The molecule has 0 unspecified atom stereocenters. The molecule has 118 valence electrons. The molecule has 1 N–H and O–H groups in total. The number of aryl methyl sites for hydroxylation is 1. The fraction of sp³-hybridized carbons (Fsp3) is 0.643. The molecule has 0 aliphatic carbocycles. The van der Waals surface area contributed by atoms with Gasteiger partial charge in [0, 0.05) is 24.0 Å². The molecule has 0 spiro atoms.